The number of benzene rings is 3. The Morgan fingerprint density at radius 3 is 1.97 bits per heavy atom. The SMILES string of the molecule is O=C(NC1CCN(C(=O)Oc2ccccc2)CC1)c1ccc(-c2ccccc2)cc1. The Kier molecular flexibility index (Phi) is 6.09. The van der Waals surface area contributed by atoms with Crippen LogP contribution in [0.15, 0.2) is 84.9 Å². The summed E-state index contributed by atoms with van der Waals surface area (Å²) in [6.45, 7) is 1.12. The van der Waals surface area contributed by atoms with Crippen LogP contribution in [0.2, 0.25) is 0 Å². The van der Waals surface area contributed by atoms with Crippen molar-refractivity contribution in [3.8, 4) is 16.9 Å². The van der Waals surface area contributed by atoms with Crippen molar-refractivity contribution >= 4 is 12.0 Å². The van der Waals surface area contributed by atoms with Crippen molar-refractivity contribution in [2.45, 2.75) is 18.9 Å². The number of ether oxygens (including phenoxy) is 1. The highest BCUT2D eigenvalue weighted by atomic mass is 16.6. The van der Waals surface area contributed by atoms with Gasteiger partial charge in [-0.15, -0.1) is 0 Å². The van der Waals surface area contributed by atoms with Gasteiger partial charge in [-0.2, -0.15) is 0 Å². The van der Waals surface area contributed by atoms with Gasteiger partial charge in [-0.05, 0) is 48.2 Å². The molecule has 0 saturated carbocycles. The van der Waals surface area contributed by atoms with Crippen LogP contribution in [0.3, 0.4) is 0 Å². The van der Waals surface area contributed by atoms with Crippen LogP contribution in [0.1, 0.15) is 23.2 Å². The minimum atomic E-state index is -0.345. The highest BCUT2D eigenvalue weighted by Crippen LogP contribution is 2.20. The van der Waals surface area contributed by atoms with E-state index >= 15 is 0 Å². The molecule has 2 amide bonds. The molecule has 0 unspecified atom stereocenters. The van der Waals surface area contributed by atoms with E-state index in [0.717, 1.165) is 11.1 Å². The summed E-state index contributed by atoms with van der Waals surface area (Å²) >= 11 is 0. The second-order valence-electron chi connectivity index (χ2n) is 7.36. The summed E-state index contributed by atoms with van der Waals surface area (Å²) in [5, 5.41) is 3.09. The van der Waals surface area contributed by atoms with Gasteiger partial charge < -0.3 is 15.0 Å². The average Bonchev–Trinajstić information content (AvgIpc) is 2.81. The van der Waals surface area contributed by atoms with Crippen molar-refractivity contribution in [3.05, 3.63) is 90.5 Å². The van der Waals surface area contributed by atoms with E-state index in [1.165, 1.54) is 0 Å². The number of rotatable bonds is 4. The number of nitrogens with zero attached hydrogens (tertiary/aromatic N) is 1. The normalized spacial score (nSPS) is 14.2. The maximum Gasteiger partial charge on any atom is 0.415 e. The lowest BCUT2D eigenvalue weighted by molar-refractivity contribution is 0.0910. The van der Waals surface area contributed by atoms with E-state index < -0.39 is 0 Å². The maximum absolute atomic E-state index is 12.6. The van der Waals surface area contributed by atoms with Gasteiger partial charge in [-0.1, -0.05) is 60.7 Å². The first-order chi connectivity index (χ1) is 14.7. The fraction of sp³-hybridized carbons (Fsp3) is 0.200. The number of carbonyl (C=O) groups excluding carboxylic acids is 2. The molecule has 0 aliphatic carbocycles. The molecule has 4 rings (SSSR count). The lowest BCUT2D eigenvalue weighted by atomic mass is 10.0. The fourth-order valence-corrected chi connectivity index (χ4v) is 3.57. The molecule has 0 radical (unpaired) electrons. The van der Waals surface area contributed by atoms with Crippen molar-refractivity contribution in [2.24, 2.45) is 0 Å². The van der Waals surface area contributed by atoms with Crippen LogP contribution in [-0.4, -0.2) is 36.0 Å². The summed E-state index contributed by atoms with van der Waals surface area (Å²) in [4.78, 5) is 26.6. The van der Waals surface area contributed by atoms with Gasteiger partial charge in [-0.25, -0.2) is 4.79 Å². The Morgan fingerprint density at radius 1 is 0.767 bits per heavy atom. The Labute approximate surface area is 176 Å². The molecule has 1 saturated heterocycles. The van der Waals surface area contributed by atoms with Crippen molar-refractivity contribution in [1.29, 1.82) is 0 Å². The molecule has 1 aliphatic rings. The predicted molar refractivity (Wildman–Crippen MR) is 116 cm³/mol. The second kappa shape index (κ2) is 9.27. The Balaban J connectivity index is 1.27. The zero-order valence-electron chi connectivity index (χ0n) is 16.7. The highest BCUT2D eigenvalue weighted by molar-refractivity contribution is 5.94. The molecular formula is C25H24N2O3. The number of nitrogens with one attached hydrogen (secondary N) is 1. The molecule has 0 spiro atoms. The third-order valence-electron chi connectivity index (χ3n) is 5.29. The van der Waals surface area contributed by atoms with Crippen LogP contribution in [-0.2, 0) is 0 Å². The summed E-state index contributed by atoms with van der Waals surface area (Å²) in [7, 11) is 0. The molecule has 0 aromatic heterocycles. The smallest absolute Gasteiger partial charge is 0.410 e. The van der Waals surface area contributed by atoms with Crippen LogP contribution in [0.25, 0.3) is 11.1 Å². The van der Waals surface area contributed by atoms with Gasteiger partial charge in [0.25, 0.3) is 5.91 Å². The molecule has 5 heteroatoms. The van der Waals surface area contributed by atoms with Crippen molar-refractivity contribution in [1.82, 2.24) is 10.2 Å². The topological polar surface area (TPSA) is 58.6 Å². The zero-order chi connectivity index (χ0) is 20.8. The molecule has 5 nitrogen and oxygen atoms in total. The first-order valence-electron chi connectivity index (χ1n) is 10.2. The van der Waals surface area contributed by atoms with Gasteiger partial charge in [0.2, 0.25) is 0 Å². The Hall–Kier alpha value is -3.60. The molecule has 1 N–H and O–H groups in total. The van der Waals surface area contributed by atoms with Crippen LogP contribution in [0.5, 0.6) is 5.75 Å². The van der Waals surface area contributed by atoms with E-state index in [4.69, 9.17) is 4.74 Å². The number of para-hydroxylation sites is 1. The number of piperidine rings is 1. The number of amides is 2. The van der Waals surface area contributed by atoms with Gasteiger partial charge in [0.1, 0.15) is 5.75 Å². The van der Waals surface area contributed by atoms with Crippen molar-refractivity contribution < 1.29 is 14.3 Å². The predicted octanol–water partition coefficient (Wildman–Crippen LogP) is 4.75. The van der Waals surface area contributed by atoms with Crippen molar-refractivity contribution in [3.63, 3.8) is 0 Å². The third-order valence-corrected chi connectivity index (χ3v) is 5.29. The van der Waals surface area contributed by atoms with Gasteiger partial charge in [0.05, 0.1) is 0 Å². The van der Waals surface area contributed by atoms with Crippen LogP contribution < -0.4 is 10.1 Å². The minimum absolute atomic E-state index is 0.0482. The van der Waals surface area contributed by atoms with Crippen molar-refractivity contribution in [2.75, 3.05) is 13.1 Å². The summed E-state index contributed by atoms with van der Waals surface area (Å²) in [6.07, 6.45) is 1.07. The molecule has 0 atom stereocenters. The standard InChI is InChI=1S/C25H24N2O3/c28-24(21-13-11-20(12-14-21)19-7-3-1-4-8-19)26-22-15-17-27(18-16-22)25(29)30-23-9-5-2-6-10-23/h1-14,22H,15-18H2,(H,26,28). The van der Waals surface area contributed by atoms with Gasteiger partial charge in [0, 0.05) is 24.7 Å². The van der Waals surface area contributed by atoms with E-state index in [1.807, 2.05) is 72.8 Å². The lowest BCUT2D eigenvalue weighted by Gasteiger charge is -2.31. The monoisotopic (exact) mass is 400 g/mol. The summed E-state index contributed by atoms with van der Waals surface area (Å²) in [5.41, 5.74) is 2.84. The second-order valence-corrected chi connectivity index (χ2v) is 7.36. The average molecular weight is 400 g/mol. The molecule has 30 heavy (non-hydrogen) atoms. The first-order valence-corrected chi connectivity index (χ1v) is 10.2. The molecule has 0 bridgehead atoms. The summed E-state index contributed by atoms with van der Waals surface area (Å²) in [5.74, 6) is 0.455. The maximum atomic E-state index is 12.6. The summed E-state index contributed by atoms with van der Waals surface area (Å²) < 4.78 is 5.39. The molecule has 3 aromatic rings. The van der Waals surface area contributed by atoms with E-state index in [0.29, 0.717) is 37.2 Å². The molecule has 1 heterocycles. The number of carbonyl (C=O) groups is 2. The van der Waals surface area contributed by atoms with E-state index in [1.54, 1.807) is 17.0 Å². The number of hydrogen-bond donors (Lipinski definition) is 1. The van der Waals surface area contributed by atoms with Crippen LogP contribution in [0.4, 0.5) is 4.79 Å². The molecule has 1 fully saturated rings. The Bertz CT molecular complexity index is 980. The molecule has 1 aliphatic heterocycles. The summed E-state index contributed by atoms with van der Waals surface area (Å²) in [6, 6.07) is 26.8. The highest BCUT2D eigenvalue weighted by Gasteiger charge is 2.25. The van der Waals surface area contributed by atoms with Crippen LogP contribution in [0, 0.1) is 0 Å². The largest absolute Gasteiger partial charge is 0.415 e. The molecule has 3 aromatic carbocycles. The van der Waals surface area contributed by atoms with E-state index in [9.17, 15) is 9.59 Å². The molecule has 152 valence electrons. The third kappa shape index (κ3) is 4.87. The molecular weight excluding hydrogens is 376 g/mol. The Morgan fingerprint density at radius 2 is 1.33 bits per heavy atom. The minimum Gasteiger partial charge on any atom is -0.410 e. The quantitative estimate of drug-likeness (QED) is 0.688. The zero-order valence-corrected chi connectivity index (χ0v) is 16.7. The number of likely N-dealkylation sites (tertiary alicyclic amines) is 1. The van der Waals surface area contributed by atoms with E-state index in [2.05, 4.69) is 5.32 Å². The van der Waals surface area contributed by atoms with Gasteiger partial charge in [0.15, 0.2) is 0 Å². The first kappa shape index (κ1) is 19.7. The van der Waals surface area contributed by atoms with Crippen LogP contribution >= 0.6 is 0 Å². The van der Waals surface area contributed by atoms with Gasteiger partial charge >= 0.3 is 6.09 Å². The fourth-order valence-electron chi connectivity index (χ4n) is 3.57. The van der Waals surface area contributed by atoms with Gasteiger partial charge in [-0.3, -0.25) is 4.79 Å². The lowest BCUT2D eigenvalue weighted by Crippen LogP contribution is -2.47. The number of hydrogen-bond acceptors (Lipinski definition) is 3. The van der Waals surface area contributed by atoms with E-state index in [-0.39, 0.29) is 18.0 Å².